The van der Waals surface area contributed by atoms with Gasteiger partial charge in [0.05, 0.1) is 11.1 Å². The first-order valence-corrected chi connectivity index (χ1v) is 7.29. The van der Waals surface area contributed by atoms with Crippen molar-refractivity contribution in [3.05, 3.63) is 22.8 Å². The van der Waals surface area contributed by atoms with Gasteiger partial charge in [0.25, 0.3) is 0 Å². The van der Waals surface area contributed by atoms with Gasteiger partial charge in [-0.15, -0.1) is 0 Å². The molecule has 1 aromatic rings. The van der Waals surface area contributed by atoms with E-state index < -0.39 is 0 Å². The molecular formula is C14H20ClN3O. The van der Waals surface area contributed by atoms with Crippen molar-refractivity contribution in [2.75, 3.05) is 25.1 Å². The normalized spacial score (nSPS) is 23.1. The van der Waals surface area contributed by atoms with Gasteiger partial charge in [-0.25, -0.2) is 4.98 Å². The minimum atomic E-state index is 0.300. The Balaban J connectivity index is 1.65. The summed E-state index contributed by atoms with van der Waals surface area (Å²) in [6.45, 7) is 2.70. The first-order valence-electron chi connectivity index (χ1n) is 6.92. The Hall–Kier alpha value is -0.840. The minimum absolute atomic E-state index is 0.300. The highest BCUT2D eigenvalue weighted by Gasteiger charge is 2.25. The molecule has 4 nitrogen and oxygen atoms in total. The lowest BCUT2D eigenvalue weighted by Gasteiger charge is -2.19. The molecule has 1 atom stereocenters. The predicted octanol–water partition coefficient (Wildman–Crippen LogP) is 2.21. The quantitative estimate of drug-likeness (QED) is 0.898. The molecule has 2 fully saturated rings. The molecule has 0 amide bonds. The first-order chi connectivity index (χ1) is 9.26. The fourth-order valence-electron chi connectivity index (χ4n) is 2.46. The number of methoxy groups -OCH3 is 1. The molecule has 2 heterocycles. The molecule has 0 bridgehead atoms. The molecule has 1 aliphatic heterocycles. The van der Waals surface area contributed by atoms with Gasteiger partial charge >= 0.3 is 0 Å². The number of ether oxygens (including phenoxy) is 1. The van der Waals surface area contributed by atoms with Gasteiger partial charge in [0.1, 0.15) is 5.82 Å². The summed E-state index contributed by atoms with van der Waals surface area (Å²) >= 11 is 6.36. The maximum atomic E-state index is 6.36. The largest absolute Gasteiger partial charge is 0.380 e. The molecular weight excluding hydrogens is 262 g/mol. The van der Waals surface area contributed by atoms with Gasteiger partial charge in [-0.05, 0) is 30.9 Å². The van der Waals surface area contributed by atoms with Crippen LogP contribution in [0, 0.1) is 0 Å². The summed E-state index contributed by atoms with van der Waals surface area (Å²) in [5.74, 6) is 0.886. The zero-order valence-corrected chi connectivity index (χ0v) is 12.0. The van der Waals surface area contributed by atoms with E-state index in [9.17, 15) is 0 Å². The van der Waals surface area contributed by atoms with Gasteiger partial charge < -0.3 is 15.0 Å². The van der Waals surface area contributed by atoms with Crippen LogP contribution in [0.2, 0.25) is 5.02 Å². The summed E-state index contributed by atoms with van der Waals surface area (Å²) in [4.78, 5) is 6.73. The molecule has 1 unspecified atom stereocenters. The lowest BCUT2D eigenvalue weighted by atomic mass is 10.2. The Kier molecular flexibility index (Phi) is 3.91. The number of hydrogen-bond acceptors (Lipinski definition) is 4. The standard InChI is InChI=1S/C14H20ClN3O/c1-19-12-4-5-18(9-12)14-13(15)6-10(8-17-14)7-16-11-2-3-11/h6,8,11-12,16H,2-5,7,9H2,1H3. The summed E-state index contributed by atoms with van der Waals surface area (Å²) in [7, 11) is 1.76. The molecule has 2 aliphatic rings. The molecule has 1 aliphatic carbocycles. The molecule has 1 saturated carbocycles. The summed E-state index contributed by atoms with van der Waals surface area (Å²) in [6.07, 6.45) is 5.86. The Morgan fingerprint density at radius 2 is 2.32 bits per heavy atom. The van der Waals surface area contributed by atoms with Crippen LogP contribution in [0.4, 0.5) is 5.82 Å². The van der Waals surface area contributed by atoms with E-state index in [2.05, 4.69) is 15.2 Å². The second-order valence-corrected chi connectivity index (χ2v) is 5.80. The average molecular weight is 282 g/mol. The smallest absolute Gasteiger partial charge is 0.147 e. The fourth-order valence-corrected chi connectivity index (χ4v) is 2.77. The Labute approximate surface area is 119 Å². The molecule has 1 aromatic heterocycles. The number of nitrogens with one attached hydrogen (secondary N) is 1. The van der Waals surface area contributed by atoms with Gasteiger partial charge in [0.15, 0.2) is 0 Å². The highest BCUT2D eigenvalue weighted by atomic mass is 35.5. The van der Waals surface area contributed by atoms with Crippen molar-refractivity contribution in [2.45, 2.75) is 38.0 Å². The number of aromatic nitrogens is 1. The maximum Gasteiger partial charge on any atom is 0.147 e. The molecule has 19 heavy (non-hydrogen) atoms. The van der Waals surface area contributed by atoms with Crippen LogP contribution < -0.4 is 10.2 Å². The van der Waals surface area contributed by atoms with Crippen LogP contribution >= 0.6 is 11.6 Å². The molecule has 0 spiro atoms. The SMILES string of the molecule is COC1CCN(c2ncc(CNC3CC3)cc2Cl)C1. The number of halogens is 1. The second kappa shape index (κ2) is 5.65. The number of anilines is 1. The molecule has 0 radical (unpaired) electrons. The van der Waals surface area contributed by atoms with E-state index >= 15 is 0 Å². The summed E-state index contributed by atoms with van der Waals surface area (Å²) < 4.78 is 5.38. The number of pyridine rings is 1. The zero-order valence-electron chi connectivity index (χ0n) is 11.2. The van der Waals surface area contributed by atoms with Crippen LogP contribution in [0.25, 0.3) is 0 Å². The van der Waals surface area contributed by atoms with Gasteiger partial charge in [-0.2, -0.15) is 0 Å². The van der Waals surface area contributed by atoms with Crippen molar-refractivity contribution in [2.24, 2.45) is 0 Å². The number of nitrogens with zero attached hydrogens (tertiary/aromatic N) is 2. The van der Waals surface area contributed by atoms with Crippen molar-refractivity contribution in [1.82, 2.24) is 10.3 Å². The van der Waals surface area contributed by atoms with Gasteiger partial charge in [-0.3, -0.25) is 0 Å². The van der Waals surface area contributed by atoms with Crippen LogP contribution in [-0.2, 0) is 11.3 Å². The monoisotopic (exact) mass is 281 g/mol. The van der Waals surface area contributed by atoms with Crippen LogP contribution in [0.3, 0.4) is 0 Å². The zero-order chi connectivity index (χ0) is 13.2. The van der Waals surface area contributed by atoms with Crippen molar-refractivity contribution in [3.63, 3.8) is 0 Å². The maximum absolute atomic E-state index is 6.36. The third kappa shape index (κ3) is 3.19. The minimum Gasteiger partial charge on any atom is -0.380 e. The number of hydrogen-bond donors (Lipinski definition) is 1. The molecule has 5 heteroatoms. The fraction of sp³-hybridized carbons (Fsp3) is 0.643. The van der Waals surface area contributed by atoms with E-state index in [1.807, 2.05) is 12.3 Å². The van der Waals surface area contributed by atoms with Crippen LogP contribution in [-0.4, -0.2) is 37.3 Å². The van der Waals surface area contributed by atoms with E-state index in [1.165, 1.54) is 12.8 Å². The van der Waals surface area contributed by atoms with E-state index in [1.54, 1.807) is 7.11 Å². The molecule has 0 aromatic carbocycles. The third-order valence-electron chi connectivity index (χ3n) is 3.83. The lowest BCUT2D eigenvalue weighted by molar-refractivity contribution is 0.121. The van der Waals surface area contributed by atoms with Crippen LogP contribution in [0.5, 0.6) is 0 Å². The van der Waals surface area contributed by atoms with Gasteiger partial charge in [0.2, 0.25) is 0 Å². The molecule has 3 rings (SSSR count). The van der Waals surface area contributed by atoms with E-state index in [-0.39, 0.29) is 0 Å². The molecule has 1 saturated heterocycles. The van der Waals surface area contributed by atoms with Crippen LogP contribution in [0.1, 0.15) is 24.8 Å². The van der Waals surface area contributed by atoms with Crippen molar-refractivity contribution < 1.29 is 4.74 Å². The Morgan fingerprint density at radius 3 is 2.95 bits per heavy atom. The van der Waals surface area contributed by atoms with E-state index in [4.69, 9.17) is 16.3 Å². The number of rotatable bonds is 5. The average Bonchev–Trinajstić information content (AvgIpc) is 3.13. The van der Waals surface area contributed by atoms with Gasteiger partial charge in [-0.1, -0.05) is 11.6 Å². The predicted molar refractivity (Wildman–Crippen MR) is 76.7 cm³/mol. The van der Waals surface area contributed by atoms with Crippen LogP contribution in [0.15, 0.2) is 12.3 Å². The summed E-state index contributed by atoms with van der Waals surface area (Å²) in [5.41, 5.74) is 1.16. The first kappa shape index (κ1) is 13.2. The summed E-state index contributed by atoms with van der Waals surface area (Å²) in [5, 5.41) is 4.22. The van der Waals surface area contributed by atoms with Crippen molar-refractivity contribution in [3.8, 4) is 0 Å². The Bertz CT molecular complexity index is 450. The Morgan fingerprint density at radius 1 is 1.47 bits per heavy atom. The molecule has 1 N–H and O–H groups in total. The highest BCUT2D eigenvalue weighted by molar-refractivity contribution is 6.33. The second-order valence-electron chi connectivity index (χ2n) is 5.40. The topological polar surface area (TPSA) is 37.4 Å². The highest BCUT2D eigenvalue weighted by Crippen LogP contribution is 2.28. The van der Waals surface area contributed by atoms with E-state index in [0.29, 0.717) is 12.1 Å². The summed E-state index contributed by atoms with van der Waals surface area (Å²) in [6, 6.07) is 2.74. The third-order valence-corrected chi connectivity index (χ3v) is 4.11. The van der Waals surface area contributed by atoms with Crippen molar-refractivity contribution >= 4 is 17.4 Å². The van der Waals surface area contributed by atoms with Crippen molar-refractivity contribution in [1.29, 1.82) is 0 Å². The lowest BCUT2D eigenvalue weighted by Crippen LogP contribution is -2.23. The molecule has 104 valence electrons. The van der Waals surface area contributed by atoms with E-state index in [0.717, 1.165) is 42.5 Å². The van der Waals surface area contributed by atoms with Gasteiger partial charge in [0, 0.05) is 39.0 Å².